The molecule has 0 radical (unpaired) electrons. The summed E-state index contributed by atoms with van der Waals surface area (Å²) in [7, 11) is 1.62. The van der Waals surface area contributed by atoms with Crippen molar-refractivity contribution in [1.29, 1.82) is 0 Å². The van der Waals surface area contributed by atoms with Crippen molar-refractivity contribution in [2.75, 3.05) is 12.4 Å². The summed E-state index contributed by atoms with van der Waals surface area (Å²) < 4.78 is 11.7. The molecule has 0 saturated heterocycles. The van der Waals surface area contributed by atoms with Crippen molar-refractivity contribution in [3.05, 3.63) is 82.3 Å². The normalized spacial score (nSPS) is 11.6. The van der Waals surface area contributed by atoms with Crippen LogP contribution in [0.15, 0.2) is 59.4 Å². The summed E-state index contributed by atoms with van der Waals surface area (Å²) in [6.07, 6.45) is 4.89. The second-order valence-corrected chi connectivity index (χ2v) is 8.44. The minimum absolute atomic E-state index is 0.239. The summed E-state index contributed by atoms with van der Waals surface area (Å²) in [4.78, 5) is 16.7. The molecule has 0 aliphatic rings. The summed E-state index contributed by atoms with van der Waals surface area (Å²) in [5, 5.41) is 3.99. The van der Waals surface area contributed by atoms with Crippen LogP contribution in [0.2, 0.25) is 5.15 Å². The van der Waals surface area contributed by atoms with Crippen LogP contribution in [0.5, 0.6) is 5.75 Å². The van der Waals surface area contributed by atoms with Crippen LogP contribution in [-0.2, 0) is 4.79 Å². The molecular formula is C27H25ClN2O3. The number of carbonyl (C=O) groups is 1. The third kappa shape index (κ3) is 4.37. The van der Waals surface area contributed by atoms with Crippen LogP contribution >= 0.6 is 11.6 Å². The molecule has 0 bridgehead atoms. The number of benzene rings is 2. The van der Waals surface area contributed by atoms with E-state index in [0.717, 1.165) is 38.8 Å². The van der Waals surface area contributed by atoms with Crippen molar-refractivity contribution < 1.29 is 13.9 Å². The van der Waals surface area contributed by atoms with Crippen molar-refractivity contribution in [2.24, 2.45) is 0 Å². The number of ether oxygens (including phenoxy) is 1. The van der Waals surface area contributed by atoms with Crippen LogP contribution < -0.4 is 10.1 Å². The number of hydrogen-bond donors (Lipinski definition) is 1. The molecule has 5 nitrogen and oxygen atoms in total. The predicted molar refractivity (Wildman–Crippen MR) is 134 cm³/mol. The zero-order chi connectivity index (χ0) is 23.7. The molecule has 1 amide bonds. The number of anilines is 1. The van der Waals surface area contributed by atoms with Gasteiger partial charge in [0.2, 0.25) is 5.91 Å². The lowest BCUT2D eigenvalue weighted by atomic mass is 9.94. The number of furan rings is 1. The van der Waals surface area contributed by atoms with Crippen molar-refractivity contribution in [1.82, 2.24) is 4.98 Å². The zero-order valence-corrected chi connectivity index (χ0v) is 20.0. The van der Waals surface area contributed by atoms with Gasteiger partial charge in [0.1, 0.15) is 11.3 Å². The number of pyridine rings is 1. The monoisotopic (exact) mass is 460 g/mol. The minimum atomic E-state index is -0.302. The quantitative estimate of drug-likeness (QED) is 0.254. The molecule has 168 valence electrons. The van der Waals surface area contributed by atoms with Gasteiger partial charge in [-0.2, -0.15) is 0 Å². The van der Waals surface area contributed by atoms with Gasteiger partial charge in [0, 0.05) is 34.3 Å². The minimum Gasteiger partial charge on any atom is -0.496 e. The summed E-state index contributed by atoms with van der Waals surface area (Å²) >= 11 is 6.06. The van der Waals surface area contributed by atoms with Crippen LogP contribution in [0.25, 0.3) is 27.7 Å². The Labute approximate surface area is 198 Å². The van der Waals surface area contributed by atoms with E-state index in [1.54, 1.807) is 31.7 Å². The highest BCUT2D eigenvalue weighted by molar-refractivity contribution is 6.32. The number of nitrogens with zero attached hydrogens (tertiary/aromatic N) is 1. The van der Waals surface area contributed by atoms with Crippen molar-refractivity contribution in [2.45, 2.75) is 27.7 Å². The van der Waals surface area contributed by atoms with Crippen LogP contribution in [0, 0.1) is 20.8 Å². The van der Waals surface area contributed by atoms with Gasteiger partial charge in [-0.05, 0) is 62.6 Å². The van der Waals surface area contributed by atoms with E-state index in [4.69, 9.17) is 20.8 Å². The third-order valence-electron chi connectivity index (χ3n) is 5.71. The number of carbonyl (C=O) groups excluding carboxylic acids is 1. The fraction of sp³-hybridized carbons (Fsp3) is 0.185. The standard InChI is InChI=1S/C27H25ClN2O3/c1-15-8-9-19(16(2)11-15)22-14-33-26-18(4)25(32-5)20(13-21(22)26)17(3)12-24(31)30-23-7-6-10-29-27(23)28/h6-14H,1-5H3,(H,30,31)/b17-12+. The molecule has 6 heteroatoms. The Morgan fingerprint density at radius 3 is 2.64 bits per heavy atom. The first-order valence-corrected chi connectivity index (χ1v) is 10.9. The molecule has 2 aromatic carbocycles. The Morgan fingerprint density at radius 2 is 1.94 bits per heavy atom. The van der Waals surface area contributed by atoms with Gasteiger partial charge >= 0.3 is 0 Å². The molecule has 0 unspecified atom stereocenters. The summed E-state index contributed by atoms with van der Waals surface area (Å²) in [6, 6.07) is 11.8. The van der Waals surface area contributed by atoms with E-state index >= 15 is 0 Å². The molecule has 0 atom stereocenters. The summed E-state index contributed by atoms with van der Waals surface area (Å²) in [6.45, 7) is 8.01. The lowest BCUT2D eigenvalue weighted by Crippen LogP contribution is -2.09. The SMILES string of the molecule is COc1c(/C(C)=C/C(=O)Nc2cccnc2Cl)cc2c(-c3ccc(C)cc3C)coc2c1C. The Balaban J connectivity index is 1.80. The number of fused-ring (bicyclic) bond motifs is 1. The van der Waals surface area contributed by atoms with Crippen LogP contribution in [0.3, 0.4) is 0 Å². The summed E-state index contributed by atoms with van der Waals surface area (Å²) in [5.74, 6) is 0.369. The van der Waals surface area contributed by atoms with Crippen LogP contribution in [0.4, 0.5) is 5.69 Å². The molecule has 4 aromatic rings. The maximum Gasteiger partial charge on any atom is 0.248 e. The van der Waals surface area contributed by atoms with E-state index in [1.165, 1.54) is 17.2 Å². The number of allylic oxidation sites excluding steroid dienone is 1. The van der Waals surface area contributed by atoms with Gasteiger partial charge in [0.15, 0.2) is 5.15 Å². The maximum atomic E-state index is 12.7. The number of nitrogens with one attached hydrogen (secondary N) is 1. The Morgan fingerprint density at radius 1 is 1.15 bits per heavy atom. The van der Waals surface area contributed by atoms with E-state index in [0.29, 0.717) is 11.4 Å². The number of hydrogen-bond acceptors (Lipinski definition) is 4. The number of aryl methyl sites for hydroxylation is 3. The fourth-order valence-electron chi connectivity index (χ4n) is 4.12. The first-order valence-electron chi connectivity index (χ1n) is 10.6. The molecule has 0 aliphatic carbocycles. The summed E-state index contributed by atoms with van der Waals surface area (Å²) in [5.41, 5.74) is 8.18. The number of methoxy groups -OCH3 is 1. The topological polar surface area (TPSA) is 64.4 Å². The van der Waals surface area contributed by atoms with Gasteiger partial charge in [0.25, 0.3) is 0 Å². The second-order valence-electron chi connectivity index (χ2n) is 8.09. The van der Waals surface area contributed by atoms with Gasteiger partial charge in [0.05, 0.1) is 19.1 Å². The van der Waals surface area contributed by atoms with Crippen molar-refractivity contribution in [3.8, 4) is 16.9 Å². The molecule has 0 fully saturated rings. The Kier molecular flexibility index (Phi) is 6.25. The van der Waals surface area contributed by atoms with Gasteiger partial charge in [-0.3, -0.25) is 4.79 Å². The Bertz CT molecular complexity index is 1400. The molecule has 0 aliphatic heterocycles. The van der Waals surface area contributed by atoms with E-state index in [-0.39, 0.29) is 11.1 Å². The van der Waals surface area contributed by atoms with Gasteiger partial charge in [-0.25, -0.2) is 4.98 Å². The third-order valence-corrected chi connectivity index (χ3v) is 6.01. The average Bonchev–Trinajstić information content (AvgIpc) is 3.19. The molecule has 4 rings (SSSR count). The second kappa shape index (κ2) is 9.12. The fourth-order valence-corrected chi connectivity index (χ4v) is 4.29. The molecule has 1 N–H and O–H groups in total. The molecule has 0 saturated carbocycles. The van der Waals surface area contributed by atoms with Crippen LogP contribution in [-0.4, -0.2) is 18.0 Å². The molecular weight excluding hydrogens is 436 g/mol. The maximum absolute atomic E-state index is 12.7. The predicted octanol–water partition coefficient (Wildman–Crippen LogP) is 7.12. The largest absolute Gasteiger partial charge is 0.496 e. The smallest absolute Gasteiger partial charge is 0.248 e. The van der Waals surface area contributed by atoms with E-state index < -0.39 is 0 Å². The first kappa shape index (κ1) is 22.6. The first-order chi connectivity index (χ1) is 15.8. The van der Waals surface area contributed by atoms with E-state index in [1.807, 2.05) is 19.9 Å². The average molecular weight is 461 g/mol. The van der Waals surface area contributed by atoms with Gasteiger partial charge < -0.3 is 14.5 Å². The van der Waals surface area contributed by atoms with E-state index in [2.05, 4.69) is 42.3 Å². The number of aromatic nitrogens is 1. The number of amides is 1. The van der Waals surface area contributed by atoms with Gasteiger partial charge in [-0.1, -0.05) is 35.4 Å². The van der Waals surface area contributed by atoms with Crippen molar-refractivity contribution in [3.63, 3.8) is 0 Å². The highest BCUT2D eigenvalue weighted by atomic mass is 35.5. The number of rotatable bonds is 5. The lowest BCUT2D eigenvalue weighted by molar-refractivity contribution is -0.111. The highest BCUT2D eigenvalue weighted by Crippen LogP contribution is 2.41. The molecule has 2 heterocycles. The highest BCUT2D eigenvalue weighted by Gasteiger charge is 2.19. The molecule has 2 aromatic heterocycles. The Hall–Kier alpha value is -3.57. The van der Waals surface area contributed by atoms with Gasteiger partial charge in [-0.15, -0.1) is 0 Å². The number of halogens is 1. The molecule has 0 spiro atoms. The molecule has 33 heavy (non-hydrogen) atoms. The van der Waals surface area contributed by atoms with Crippen LogP contribution in [0.1, 0.15) is 29.2 Å². The van der Waals surface area contributed by atoms with Crippen molar-refractivity contribution >= 4 is 39.7 Å². The lowest BCUT2D eigenvalue weighted by Gasteiger charge is -2.14. The zero-order valence-electron chi connectivity index (χ0n) is 19.2. The van der Waals surface area contributed by atoms with E-state index in [9.17, 15) is 4.79 Å².